The zero-order valence-corrected chi connectivity index (χ0v) is 20.9. The molecule has 2 aromatic carbocycles. The second kappa shape index (κ2) is 13.1. The lowest BCUT2D eigenvalue weighted by Crippen LogP contribution is -2.47. The van der Waals surface area contributed by atoms with E-state index in [2.05, 4.69) is 5.32 Å². The topological polar surface area (TPSA) is 86.8 Å². The Morgan fingerprint density at radius 1 is 1.03 bits per heavy atom. The lowest BCUT2D eigenvalue weighted by atomic mass is 10.1. The molecule has 7 nitrogen and oxygen atoms in total. The van der Waals surface area contributed by atoms with Gasteiger partial charge in [-0.3, -0.25) is 13.9 Å². The highest BCUT2D eigenvalue weighted by Gasteiger charge is 2.26. The van der Waals surface area contributed by atoms with E-state index in [9.17, 15) is 22.4 Å². The van der Waals surface area contributed by atoms with E-state index in [1.54, 1.807) is 6.92 Å². The van der Waals surface area contributed by atoms with Gasteiger partial charge in [0.2, 0.25) is 21.8 Å². The molecule has 0 radical (unpaired) electrons. The second-order valence-corrected chi connectivity index (χ2v) is 10.1. The van der Waals surface area contributed by atoms with Crippen LogP contribution in [0.1, 0.15) is 45.1 Å². The van der Waals surface area contributed by atoms with Crippen molar-refractivity contribution in [1.82, 2.24) is 10.2 Å². The molecule has 2 amide bonds. The van der Waals surface area contributed by atoms with Crippen LogP contribution in [0.15, 0.2) is 54.6 Å². The predicted molar refractivity (Wildman–Crippen MR) is 132 cm³/mol. The van der Waals surface area contributed by atoms with Crippen molar-refractivity contribution in [3.8, 4) is 0 Å². The molecular weight excluding hydrogens is 457 g/mol. The molecule has 34 heavy (non-hydrogen) atoms. The summed E-state index contributed by atoms with van der Waals surface area (Å²) in [6.07, 6.45) is 3.19. The van der Waals surface area contributed by atoms with Gasteiger partial charge in [0.25, 0.3) is 0 Å². The Labute approximate surface area is 202 Å². The first kappa shape index (κ1) is 27.3. The van der Waals surface area contributed by atoms with Gasteiger partial charge in [-0.25, -0.2) is 12.8 Å². The maximum atomic E-state index is 13.3. The summed E-state index contributed by atoms with van der Waals surface area (Å²) in [7, 11) is -3.62. The van der Waals surface area contributed by atoms with Gasteiger partial charge in [0.15, 0.2) is 0 Å². The summed E-state index contributed by atoms with van der Waals surface area (Å²) in [4.78, 5) is 27.3. The highest BCUT2D eigenvalue weighted by atomic mass is 32.2. The number of sulfonamides is 1. The normalized spacial score (nSPS) is 12.1. The molecule has 9 heteroatoms. The molecule has 1 atom stereocenters. The van der Waals surface area contributed by atoms with Crippen LogP contribution in [0.4, 0.5) is 10.1 Å². The van der Waals surface area contributed by atoms with Crippen LogP contribution in [-0.4, -0.2) is 50.5 Å². The number of hydrogen-bond acceptors (Lipinski definition) is 4. The molecule has 0 aliphatic rings. The van der Waals surface area contributed by atoms with E-state index in [0.29, 0.717) is 12.2 Å². The third-order valence-corrected chi connectivity index (χ3v) is 6.65. The minimum atomic E-state index is -3.62. The average molecular weight is 492 g/mol. The molecule has 0 aliphatic heterocycles. The Kier molecular flexibility index (Phi) is 10.5. The Morgan fingerprint density at radius 2 is 1.68 bits per heavy atom. The van der Waals surface area contributed by atoms with Crippen LogP contribution in [0, 0.1) is 5.82 Å². The number of carbonyl (C=O) groups is 2. The highest BCUT2D eigenvalue weighted by molar-refractivity contribution is 7.92. The van der Waals surface area contributed by atoms with Crippen molar-refractivity contribution in [3.63, 3.8) is 0 Å². The molecule has 186 valence electrons. The highest BCUT2D eigenvalue weighted by Crippen LogP contribution is 2.19. The molecule has 0 spiro atoms. The van der Waals surface area contributed by atoms with Gasteiger partial charge < -0.3 is 10.2 Å². The van der Waals surface area contributed by atoms with E-state index < -0.39 is 21.9 Å². The zero-order chi connectivity index (χ0) is 25.1. The fraction of sp³-hybridized carbons (Fsp3) is 0.440. The summed E-state index contributed by atoms with van der Waals surface area (Å²) >= 11 is 0. The van der Waals surface area contributed by atoms with Gasteiger partial charge in [-0.05, 0) is 49.6 Å². The predicted octanol–water partition coefficient (Wildman–Crippen LogP) is 3.71. The number of anilines is 1. The number of unbranched alkanes of at least 4 members (excludes halogenated alkanes) is 1. The number of halogens is 1. The van der Waals surface area contributed by atoms with E-state index >= 15 is 0 Å². The van der Waals surface area contributed by atoms with Crippen molar-refractivity contribution in [2.45, 2.75) is 52.1 Å². The quantitative estimate of drug-likeness (QED) is 0.433. The van der Waals surface area contributed by atoms with Crippen LogP contribution in [-0.2, 0) is 26.2 Å². The minimum Gasteiger partial charge on any atom is -0.354 e. The summed E-state index contributed by atoms with van der Waals surface area (Å²) in [5.74, 6) is -0.925. The number of nitrogens with one attached hydrogen (secondary N) is 1. The fourth-order valence-electron chi connectivity index (χ4n) is 3.51. The zero-order valence-electron chi connectivity index (χ0n) is 20.0. The third kappa shape index (κ3) is 8.44. The molecule has 1 unspecified atom stereocenters. The van der Waals surface area contributed by atoms with Crippen LogP contribution in [0.3, 0.4) is 0 Å². The first-order valence-corrected chi connectivity index (χ1v) is 13.3. The maximum absolute atomic E-state index is 13.3. The van der Waals surface area contributed by atoms with Crippen LogP contribution in [0.25, 0.3) is 0 Å². The first-order chi connectivity index (χ1) is 16.1. The molecule has 0 aromatic heterocycles. The maximum Gasteiger partial charge on any atom is 0.242 e. The molecule has 0 aliphatic carbocycles. The van der Waals surface area contributed by atoms with Gasteiger partial charge in [-0.2, -0.15) is 0 Å². The number of carbonyl (C=O) groups excluding carboxylic acids is 2. The summed E-state index contributed by atoms with van der Waals surface area (Å²) in [5, 5.41) is 2.87. The smallest absolute Gasteiger partial charge is 0.242 e. The Balaban J connectivity index is 2.10. The Bertz CT molecular complexity index is 1030. The molecule has 1 N–H and O–H groups in total. The van der Waals surface area contributed by atoms with Crippen LogP contribution in [0.2, 0.25) is 0 Å². The average Bonchev–Trinajstić information content (AvgIpc) is 2.80. The van der Waals surface area contributed by atoms with Gasteiger partial charge in [-0.15, -0.1) is 0 Å². The molecule has 0 bridgehead atoms. The van der Waals surface area contributed by atoms with E-state index in [-0.39, 0.29) is 37.7 Å². The van der Waals surface area contributed by atoms with E-state index in [1.807, 2.05) is 37.3 Å². The largest absolute Gasteiger partial charge is 0.354 e. The lowest BCUT2D eigenvalue weighted by Gasteiger charge is -2.29. The van der Waals surface area contributed by atoms with Crippen molar-refractivity contribution in [3.05, 3.63) is 66.0 Å². The molecule has 2 aromatic rings. The fourth-order valence-corrected chi connectivity index (χ4v) is 4.48. The molecule has 0 fully saturated rings. The summed E-state index contributed by atoms with van der Waals surface area (Å²) in [5.41, 5.74) is 1.23. The van der Waals surface area contributed by atoms with Crippen molar-refractivity contribution < 1.29 is 22.4 Å². The van der Waals surface area contributed by atoms with Crippen molar-refractivity contribution >= 4 is 27.5 Å². The van der Waals surface area contributed by atoms with Crippen LogP contribution < -0.4 is 9.62 Å². The van der Waals surface area contributed by atoms with Crippen molar-refractivity contribution in [2.24, 2.45) is 0 Å². The summed E-state index contributed by atoms with van der Waals surface area (Å²) in [6, 6.07) is 13.9. The van der Waals surface area contributed by atoms with E-state index in [1.165, 1.54) is 29.2 Å². The molecule has 2 rings (SSSR count). The van der Waals surface area contributed by atoms with E-state index in [4.69, 9.17) is 0 Å². The lowest BCUT2D eigenvalue weighted by molar-refractivity contribution is -0.140. The Hall–Kier alpha value is -2.94. The van der Waals surface area contributed by atoms with Gasteiger partial charge in [0.1, 0.15) is 11.9 Å². The summed E-state index contributed by atoms with van der Waals surface area (Å²) in [6.45, 7) is 4.62. The second-order valence-electron chi connectivity index (χ2n) is 8.24. The van der Waals surface area contributed by atoms with Crippen molar-refractivity contribution in [2.75, 3.05) is 23.7 Å². The van der Waals surface area contributed by atoms with Gasteiger partial charge in [0, 0.05) is 26.1 Å². The van der Waals surface area contributed by atoms with Gasteiger partial charge >= 0.3 is 0 Å². The first-order valence-electron chi connectivity index (χ1n) is 11.5. The standard InChI is InChI=1S/C25H34FN3O4S/c1-4-5-17-27-25(31)20(2)28(19-21-10-7-6-8-11-21)24(30)12-9-18-29(34(3,32)33)23-15-13-22(26)14-16-23/h6-8,10-11,13-16,20H,4-5,9,12,17-19H2,1-3H3,(H,27,31). The number of nitrogens with zero attached hydrogens (tertiary/aromatic N) is 2. The third-order valence-electron chi connectivity index (χ3n) is 5.46. The number of benzene rings is 2. The summed E-state index contributed by atoms with van der Waals surface area (Å²) < 4.78 is 39.0. The Morgan fingerprint density at radius 3 is 2.26 bits per heavy atom. The minimum absolute atomic E-state index is 0.0620. The van der Waals surface area contributed by atoms with Gasteiger partial charge in [0.05, 0.1) is 11.9 Å². The number of rotatable bonds is 13. The monoisotopic (exact) mass is 491 g/mol. The molecular formula is C25H34FN3O4S. The SMILES string of the molecule is CCCCNC(=O)C(C)N(Cc1ccccc1)C(=O)CCCN(c1ccc(F)cc1)S(C)(=O)=O. The molecule has 0 heterocycles. The number of amides is 2. The molecule has 0 saturated heterocycles. The van der Waals surface area contributed by atoms with Crippen molar-refractivity contribution in [1.29, 1.82) is 0 Å². The number of hydrogen-bond donors (Lipinski definition) is 1. The molecule has 0 saturated carbocycles. The van der Waals surface area contributed by atoms with Crippen LogP contribution in [0.5, 0.6) is 0 Å². The van der Waals surface area contributed by atoms with Crippen LogP contribution >= 0.6 is 0 Å². The van der Waals surface area contributed by atoms with E-state index in [0.717, 1.165) is 29.0 Å². The van der Waals surface area contributed by atoms with Gasteiger partial charge in [-0.1, -0.05) is 43.7 Å².